The molecule has 15 heavy (non-hydrogen) atoms. The van der Waals surface area contributed by atoms with Crippen LogP contribution in [0.3, 0.4) is 0 Å². The molecule has 0 amide bonds. The number of fused-ring (bicyclic) bond motifs is 2. The fourth-order valence-electron chi connectivity index (χ4n) is 2.80. The molecular weight excluding hydrogens is 186 g/mol. The Morgan fingerprint density at radius 3 is 2.87 bits per heavy atom. The summed E-state index contributed by atoms with van der Waals surface area (Å²) >= 11 is 0. The molecule has 80 valence electrons. The van der Waals surface area contributed by atoms with Crippen molar-refractivity contribution >= 4 is 0 Å². The van der Waals surface area contributed by atoms with Gasteiger partial charge in [-0.15, -0.1) is 0 Å². The molecule has 1 aromatic rings. The third kappa shape index (κ3) is 1.36. The van der Waals surface area contributed by atoms with Gasteiger partial charge < -0.3 is 10.1 Å². The zero-order valence-corrected chi connectivity index (χ0v) is 9.18. The highest BCUT2D eigenvalue weighted by Crippen LogP contribution is 2.44. The molecule has 0 saturated carbocycles. The van der Waals surface area contributed by atoms with Crippen LogP contribution >= 0.6 is 0 Å². The maximum atomic E-state index is 5.82. The highest BCUT2D eigenvalue weighted by Gasteiger charge is 2.41. The Hall–Kier alpha value is -1.02. The molecule has 3 rings (SSSR count). The molecule has 0 radical (unpaired) electrons. The van der Waals surface area contributed by atoms with E-state index in [0.29, 0.717) is 5.41 Å². The van der Waals surface area contributed by atoms with Crippen molar-refractivity contribution in [3.8, 4) is 5.75 Å². The molecule has 0 bridgehead atoms. The minimum absolute atomic E-state index is 0.312. The maximum absolute atomic E-state index is 5.82. The first-order valence-electron chi connectivity index (χ1n) is 5.75. The highest BCUT2D eigenvalue weighted by molar-refractivity contribution is 5.46. The van der Waals surface area contributed by atoms with Crippen molar-refractivity contribution in [2.45, 2.75) is 25.2 Å². The lowest BCUT2D eigenvalue weighted by Gasteiger charge is -2.32. The van der Waals surface area contributed by atoms with Gasteiger partial charge in [-0.25, -0.2) is 0 Å². The molecular formula is C13H17NO. The quantitative estimate of drug-likeness (QED) is 0.696. The molecule has 1 aromatic carbocycles. The molecule has 0 atom stereocenters. The van der Waals surface area contributed by atoms with Gasteiger partial charge in [0.05, 0.1) is 6.61 Å². The van der Waals surface area contributed by atoms with Crippen LogP contribution in [0.1, 0.15) is 24.0 Å². The van der Waals surface area contributed by atoms with Gasteiger partial charge in [-0.1, -0.05) is 17.7 Å². The fourth-order valence-corrected chi connectivity index (χ4v) is 2.80. The van der Waals surface area contributed by atoms with E-state index < -0.39 is 0 Å². The van der Waals surface area contributed by atoms with E-state index in [4.69, 9.17) is 4.74 Å². The molecule has 2 heterocycles. The van der Waals surface area contributed by atoms with Crippen LogP contribution in [0.25, 0.3) is 0 Å². The zero-order valence-electron chi connectivity index (χ0n) is 9.18. The summed E-state index contributed by atoms with van der Waals surface area (Å²) in [6.07, 6.45) is 2.42. The molecule has 2 nitrogen and oxygen atoms in total. The molecule has 2 aliphatic rings. The van der Waals surface area contributed by atoms with Crippen LogP contribution in [0.15, 0.2) is 18.2 Å². The zero-order chi connectivity index (χ0) is 10.3. The third-order valence-electron chi connectivity index (χ3n) is 3.77. The predicted molar refractivity (Wildman–Crippen MR) is 60.5 cm³/mol. The molecule has 0 unspecified atom stereocenters. The highest BCUT2D eigenvalue weighted by atomic mass is 16.5. The molecule has 0 aliphatic carbocycles. The largest absolute Gasteiger partial charge is 0.492 e. The van der Waals surface area contributed by atoms with E-state index in [9.17, 15) is 0 Å². The number of hydrogen-bond donors (Lipinski definition) is 1. The smallest absolute Gasteiger partial charge is 0.123 e. The first kappa shape index (κ1) is 9.22. The van der Waals surface area contributed by atoms with Crippen molar-refractivity contribution < 1.29 is 4.74 Å². The van der Waals surface area contributed by atoms with Gasteiger partial charge in [0.25, 0.3) is 0 Å². The van der Waals surface area contributed by atoms with Gasteiger partial charge in [0.15, 0.2) is 0 Å². The molecule has 1 fully saturated rings. The normalized spacial score (nSPS) is 22.5. The van der Waals surface area contributed by atoms with Gasteiger partial charge in [-0.3, -0.25) is 0 Å². The minimum Gasteiger partial charge on any atom is -0.492 e. The number of piperidine rings is 1. The monoisotopic (exact) mass is 203 g/mol. The Kier molecular flexibility index (Phi) is 1.99. The number of aryl methyl sites for hydroxylation is 1. The van der Waals surface area contributed by atoms with Gasteiger partial charge in [-0.2, -0.15) is 0 Å². The van der Waals surface area contributed by atoms with Gasteiger partial charge in [0.2, 0.25) is 0 Å². The number of rotatable bonds is 0. The third-order valence-corrected chi connectivity index (χ3v) is 3.77. The summed E-state index contributed by atoms with van der Waals surface area (Å²) in [6.45, 7) is 5.29. The van der Waals surface area contributed by atoms with Crippen LogP contribution in [0.2, 0.25) is 0 Å². The number of nitrogens with one attached hydrogen (secondary N) is 1. The van der Waals surface area contributed by atoms with Crippen LogP contribution in [0.4, 0.5) is 0 Å². The summed E-state index contributed by atoms with van der Waals surface area (Å²) in [5, 5.41) is 3.43. The molecule has 1 saturated heterocycles. The Bertz CT molecular complexity index is 375. The standard InChI is InChI=1S/C13H17NO/c1-10-2-3-12-11(8-10)13(9-15-12)4-6-14-7-5-13/h2-3,8,14H,4-7,9H2,1H3. The molecule has 1 spiro atoms. The topological polar surface area (TPSA) is 21.3 Å². The van der Waals surface area contributed by atoms with E-state index >= 15 is 0 Å². The SMILES string of the molecule is Cc1ccc2c(c1)C1(CCNCC1)CO2. The molecule has 2 heteroatoms. The average Bonchev–Trinajstić information content (AvgIpc) is 2.59. The van der Waals surface area contributed by atoms with Crippen molar-refractivity contribution in [3.63, 3.8) is 0 Å². The summed E-state index contributed by atoms with van der Waals surface area (Å²) in [7, 11) is 0. The summed E-state index contributed by atoms with van der Waals surface area (Å²) < 4.78 is 5.82. The van der Waals surface area contributed by atoms with Crippen molar-refractivity contribution in [1.29, 1.82) is 0 Å². The molecule has 0 aromatic heterocycles. The first-order valence-corrected chi connectivity index (χ1v) is 5.75. The summed E-state index contributed by atoms with van der Waals surface area (Å²) in [4.78, 5) is 0. The second kappa shape index (κ2) is 3.24. The first-order chi connectivity index (χ1) is 7.30. The number of ether oxygens (including phenoxy) is 1. The maximum Gasteiger partial charge on any atom is 0.123 e. The van der Waals surface area contributed by atoms with Gasteiger partial charge >= 0.3 is 0 Å². The lowest BCUT2D eigenvalue weighted by Crippen LogP contribution is -2.40. The Morgan fingerprint density at radius 1 is 1.27 bits per heavy atom. The van der Waals surface area contributed by atoms with E-state index in [1.807, 2.05) is 0 Å². The van der Waals surface area contributed by atoms with Crippen LogP contribution in [0, 0.1) is 6.92 Å². The molecule has 2 aliphatic heterocycles. The van der Waals surface area contributed by atoms with Crippen molar-refractivity contribution in [2.24, 2.45) is 0 Å². The Morgan fingerprint density at radius 2 is 2.07 bits per heavy atom. The van der Waals surface area contributed by atoms with E-state index in [-0.39, 0.29) is 0 Å². The number of benzene rings is 1. The van der Waals surface area contributed by atoms with Crippen LogP contribution in [-0.4, -0.2) is 19.7 Å². The van der Waals surface area contributed by atoms with Crippen molar-refractivity contribution in [2.75, 3.05) is 19.7 Å². The Labute approximate surface area is 90.6 Å². The Balaban J connectivity index is 2.05. The lowest BCUT2D eigenvalue weighted by atomic mass is 9.74. The van der Waals surface area contributed by atoms with Crippen LogP contribution in [0.5, 0.6) is 5.75 Å². The van der Waals surface area contributed by atoms with E-state index in [0.717, 1.165) is 25.4 Å². The fraction of sp³-hybridized carbons (Fsp3) is 0.538. The number of hydrogen-bond acceptors (Lipinski definition) is 2. The minimum atomic E-state index is 0.312. The summed E-state index contributed by atoms with van der Waals surface area (Å²) in [5.41, 5.74) is 3.10. The van der Waals surface area contributed by atoms with E-state index in [1.165, 1.54) is 24.0 Å². The second-order valence-corrected chi connectivity index (χ2v) is 4.82. The molecule has 1 N–H and O–H groups in total. The van der Waals surface area contributed by atoms with Crippen molar-refractivity contribution in [1.82, 2.24) is 5.32 Å². The summed E-state index contributed by atoms with van der Waals surface area (Å²) in [6, 6.07) is 6.58. The van der Waals surface area contributed by atoms with Crippen molar-refractivity contribution in [3.05, 3.63) is 29.3 Å². The van der Waals surface area contributed by atoms with E-state index in [2.05, 4.69) is 30.4 Å². The second-order valence-electron chi connectivity index (χ2n) is 4.82. The van der Waals surface area contributed by atoms with Gasteiger partial charge in [0, 0.05) is 11.0 Å². The van der Waals surface area contributed by atoms with Crippen LogP contribution in [-0.2, 0) is 5.41 Å². The van der Waals surface area contributed by atoms with Crippen LogP contribution < -0.4 is 10.1 Å². The van der Waals surface area contributed by atoms with Gasteiger partial charge in [0.1, 0.15) is 5.75 Å². The lowest BCUT2D eigenvalue weighted by molar-refractivity contribution is 0.220. The predicted octanol–water partition coefficient (Wildman–Crippen LogP) is 2.01. The average molecular weight is 203 g/mol. The summed E-state index contributed by atoms with van der Waals surface area (Å²) in [5.74, 6) is 1.11. The van der Waals surface area contributed by atoms with Gasteiger partial charge in [-0.05, 0) is 38.9 Å². The van der Waals surface area contributed by atoms with E-state index in [1.54, 1.807) is 0 Å².